The molecule has 1 atom stereocenters. The Kier molecular flexibility index (Phi) is 7.33. The van der Waals surface area contributed by atoms with E-state index in [-0.39, 0.29) is 6.10 Å². The van der Waals surface area contributed by atoms with E-state index in [4.69, 9.17) is 16.3 Å². The van der Waals surface area contributed by atoms with Crippen molar-refractivity contribution in [2.75, 3.05) is 37.7 Å². The molecule has 4 heteroatoms. The minimum atomic E-state index is 0.0673. The zero-order valence-electron chi connectivity index (χ0n) is 16.2. The van der Waals surface area contributed by atoms with Crippen LogP contribution in [0.4, 0.5) is 5.69 Å². The van der Waals surface area contributed by atoms with Crippen LogP contribution in [0.25, 0.3) is 5.57 Å². The molecule has 2 aromatic carbocycles. The van der Waals surface area contributed by atoms with E-state index in [0.717, 1.165) is 43.7 Å². The summed E-state index contributed by atoms with van der Waals surface area (Å²) in [6.45, 7) is 8.99. The van der Waals surface area contributed by atoms with Crippen LogP contribution in [0.15, 0.2) is 54.1 Å². The predicted octanol–water partition coefficient (Wildman–Crippen LogP) is 5.15. The van der Waals surface area contributed by atoms with Gasteiger partial charge in [0.2, 0.25) is 0 Å². The molecule has 144 valence electrons. The van der Waals surface area contributed by atoms with Crippen molar-refractivity contribution in [2.45, 2.75) is 26.4 Å². The van der Waals surface area contributed by atoms with Crippen molar-refractivity contribution in [3.8, 4) is 0 Å². The van der Waals surface area contributed by atoms with Crippen LogP contribution in [0.1, 0.15) is 36.1 Å². The van der Waals surface area contributed by atoms with E-state index in [1.807, 2.05) is 12.1 Å². The summed E-state index contributed by atoms with van der Waals surface area (Å²) < 4.78 is 6.25. The number of halogens is 1. The lowest BCUT2D eigenvalue weighted by Crippen LogP contribution is -2.43. The van der Waals surface area contributed by atoms with Gasteiger partial charge in [-0.2, -0.15) is 0 Å². The van der Waals surface area contributed by atoms with E-state index in [0.29, 0.717) is 6.61 Å². The molecule has 0 aliphatic carbocycles. The number of hydrogen-bond acceptors (Lipinski definition) is 3. The zero-order valence-corrected chi connectivity index (χ0v) is 17.0. The highest BCUT2D eigenvalue weighted by atomic mass is 35.5. The molecule has 0 radical (unpaired) electrons. The van der Waals surface area contributed by atoms with Gasteiger partial charge in [-0.25, -0.2) is 0 Å². The van der Waals surface area contributed by atoms with Gasteiger partial charge in [-0.15, -0.1) is 0 Å². The fourth-order valence-electron chi connectivity index (χ4n) is 3.56. The van der Waals surface area contributed by atoms with Crippen molar-refractivity contribution < 1.29 is 4.74 Å². The summed E-state index contributed by atoms with van der Waals surface area (Å²) in [7, 11) is 0. The number of nitrogens with zero attached hydrogens (tertiary/aromatic N) is 1. The quantitative estimate of drug-likeness (QED) is 0.714. The average Bonchev–Trinajstić information content (AvgIpc) is 2.73. The van der Waals surface area contributed by atoms with Crippen LogP contribution in [0, 0.1) is 6.92 Å². The standard InChI is InChI=1S/C23H29ClN2O/c1-3-23(27-17-20(16-24)22-7-5-4-6-18(22)2)19-8-10-21(11-9-19)26-14-12-25-13-15-26/h4-11,16,23,25H,3,12-15,17H2,1-2H3/b20-16+. The number of piperazine rings is 1. The van der Waals surface area contributed by atoms with E-state index < -0.39 is 0 Å². The maximum absolute atomic E-state index is 6.25. The summed E-state index contributed by atoms with van der Waals surface area (Å²) in [5, 5.41) is 3.40. The third-order valence-electron chi connectivity index (χ3n) is 5.18. The van der Waals surface area contributed by atoms with E-state index in [9.17, 15) is 0 Å². The van der Waals surface area contributed by atoms with Gasteiger partial charge in [-0.3, -0.25) is 0 Å². The maximum Gasteiger partial charge on any atom is 0.0826 e. The number of aryl methyl sites for hydroxylation is 1. The van der Waals surface area contributed by atoms with Gasteiger partial charge in [0.05, 0.1) is 12.7 Å². The van der Waals surface area contributed by atoms with Crippen molar-refractivity contribution in [2.24, 2.45) is 0 Å². The lowest BCUT2D eigenvalue weighted by atomic mass is 10.0. The van der Waals surface area contributed by atoms with Crippen molar-refractivity contribution in [3.05, 3.63) is 70.8 Å². The second-order valence-electron chi connectivity index (χ2n) is 6.99. The van der Waals surface area contributed by atoms with Crippen molar-refractivity contribution in [3.63, 3.8) is 0 Å². The lowest BCUT2D eigenvalue weighted by Gasteiger charge is -2.29. The molecule has 1 aliphatic rings. The second kappa shape index (κ2) is 9.93. The van der Waals surface area contributed by atoms with Crippen LogP contribution in [0.2, 0.25) is 0 Å². The molecule has 2 aromatic rings. The Hall–Kier alpha value is -1.81. The van der Waals surface area contributed by atoms with E-state index in [2.05, 4.69) is 60.5 Å². The third-order valence-corrected chi connectivity index (χ3v) is 5.44. The molecule has 0 bridgehead atoms. The first-order valence-electron chi connectivity index (χ1n) is 9.75. The molecule has 1 heterocycles. The van der Waals surface area contributed by atoms with Crippen molar-refractivity contribution in [1.29, 1.82) is 0 Å². The van der Waals surface area contributed by atoms with Gasteiger partial charge >= 0.3 is 0 Å². The number of ether oxygens (including phenoxy) is 1. The van der Waals surface area contributed by atoms with Crippen molar-refractivity contribution >= 4 is 22.9 Å². The normalized spacial score (nSPS) is 16.4. The van der Waals surface area contributed by atoms with Crippen LogP contribution in [-0.4, -0.2) is 32.8 Å². The van der Waals surface area contributed by atoms with Crippen molar-refractivity contribution in [1.82, 2.24) is 5.32 Å². The van der Waals surface area contributed by atoms with Gasteiger partial charge in [-0.1, -0.05) is 54.9 Å². The van der Waals surface area contributed by atoms with Gasteiger partial charge in [0.1, 0.15) is 0 Å². The SMILES string of the molecule is CCC(OC/C(=C\Cl)c1ccccc1C)c1ccc(N2CCNCC2)cc1. The smallest absolute Gasteiger partial charge is 0.0826 e. The topological polar surface area (TPSA) is 24.5 Å². The summed E-state index contributed by atoms with van der Waals surface area (Å²) in [5.41, 5.74) is 7.53. The van der Waals surface area contributed by atoms with Crippen LogP contribution in [0.3, 0.4) is 0 Å². The van der Waals surface area contributed by atoms with Crippen LogP contribution in [0.5, 0.6) is 0 Å². The molecule has 1 fully saturated rings. The molecule has 3 rings (SSSR count). The molecular formula is C23H29ClN2O. The monoisotopic (exact) mass is 384 g/mol. The van der Waals surface area contributed by atoms with E-state index in [1.54, 1.807) is 5.54 Å². The molecule has 1 saturated heterocycles. The molecule has 0 saturated carbocycles. The average molecular weight is 385 g/mol. The van der Waals surface area contributed by atoms with Crippen LogP contribution in [-0.2, 0) is 4.74 Å². The molecule has 1 aliphatic heterocycles. The summed E-state index contributed by atoms with van der Waals surface area (Å²) in [4.78, 5) is 2.43. The van der Waals surface area contributed by atoms with Crippen LogP contribution >= 0.6 is 11.6 Å². The Balaban J connectivity index is 1.65. The number of benzene rings is 2. The number of rotatable bonds is 7. The number of nitrogens with one attached hydrogen (secondary N) is 1. The first kappa shape index (κ1) is 19.9. The Morgan fingerprint density at radius 2 is 1.85 bits per heavy atom. The summed E-state index contributed by atoms with van der Waals surface area (Å²) in [6, 6.07) is 17.1. The third kappa shape index (κ3) is 5.13. The highest BCUT2D eigenvalue weighted by Crippen LogP contribution is 2.27. The molecule has 1 N–H and O–H groups in total. The van der Waals surface area contributed by atoms with Gasteiger partial charge in [0, 0.05) is 37.4 Å². The fraction of sp³-hybridized carbons (Fsp3) is 0.391. The Bertz CT molecular complexity index is 751. The van der Waals surface area contributed by atoms with Crippen LogP contribution < -0.4 is 10.2 Å². The first-order chi connectivity index (χ1) is 13.2. The minimum Gasteiger partial charge on any atom is -0.369 e. The summed E-state index contributed by atoms with van der Waals surface area (Å²) in [6.07, 6.45) is 0.994. The molecule has 0 amide bonds. The van der Waals surface area contributed by atoms with Gasteiger partial charge in [0.25, 0.3) is 0 Å². The van der Waals surface area contributed by atoms with E-state index >= 15 is 0 Å². The molecular weight excluding hydrogens is 356 g/mol. The highest BCUT2D eigenvalue weighted by Gasteiger charge is 2.14. The molecule has 0 aromatic heterocycles. The Labute approximate surface area is 168 Å². The highest BCUT2D eigenvalue weighted by molar-refractivity contribution is 6.28. The second-order valence-corrected chi connectivity index (χ2v) is 7.20. The lowest BCUT2D eigenvalue weighted by molar-refractivity contribution is 0.0751. The number of anilines is 1. The van der Waals surface area contributed by atoms with Gasteiger partial charge < -0.3 is 15.0 Å². The summed E-state index contributed by atoms with van der Waals surface area (Å²) in [5.74, 6) is 0. The Morgan fingerprint density at radius 1 is 1.15 bits per heavy atom. The number of hydrogen-bond donors (Lipinski definition) is 1. The molecule has 27 heavy (non-hydrogen) atoms. The zero-order chi connectivity index (χ0) is 19.1. The molecule has 1 unspecified atom stereocenters. The summed E-state index contributed by atoms with van der Waals surface area (Å²) >= 11 is 6.10. The maximum atomic E-state index is 6.25. The van der Waals surface area contributed by atoms with Gasteiger partial charge in [-0.05, 0) is 47.7 Å². The molecule has 0 spiro atoms. The first-order valence-corrected chi connectivity index (χ1v) is 10.2. The molecule has 3 nitrogen and oxygen atoms in total. The minimum absolute atomic E-state index is 0.0673. The Morgan fingerprint density at radius 3 is 2.48 bits per heavy atom. The van der Waals surface area contributed by atoms with Gasteiger partial charge in [0.15, 0.2) is 0 Å². The predicted molar refractivity (Wildman–Crippen MR) is 116 cm³/mol. The van der Waals surface area contributed by atoms with E-state index in [1.165, 1.54) is 16.8 Å². The largest absolute Gasteiger partial charge is 0.369 e. The fourth-order valence-corrected chi connectivity index (χ4v) is 3.74.